The van der Waals surface area contributed by atoms with Gasteiger partial charge in [-0.1, -0.05) is 38.3 Å². The molecule has 1 aromatic carbocycles. The van der Waals surface area contributed by atoms with Crippen molar-refractivity contribution in [2.45, 2.75) is 70.4 Å². The standard InChI is InChI=1S/C22H30N4O5/c1-2-14-25-18(21(29)26(22(25)30)15-8-4-3-5-9-15)12-13-19(27)23-17-11-7-6-10-16(17)20(28)24-31/h6-7,10-11,15,18,31H,2-5,8-9,12-14H2,1H3,(H,23,27)(H,24,28). The molecule has 31 heavy (non-hydrogen) atoms. The second-order valence-corrected chi connectivity index (χ2v) is 8.07. The van der Waals surface area contributed by atoms with E-state index in [0.717, 1.165) is 38.5 Å². The summed E-state index contributed by atoms with van der Waals surface area (Å²) in [6.07, 6.45) is 5.82. The second-order valence-electron chi connectivity index (χ2n) is 8.07. The molecular weight excluding hydrogens is 400 g/mol. The van der Waals surface area contributed by atoms with E-state index < -0.39 is 11.9 Å². The molecule has 2 aliphatic rings. The number of imide groups is 1. The second kappa shape index (κ2) is 10.4. The largest absolute Gasteiger partial charge is 0.327 e. The molecule has 2 fully saturated rings. The summed E-state index contributed by atoms with van der Waals surface area (Å²) in [7, 11) is 0. The third kappa shape index (κ3) is 5.04. The number of hydrogen-bond donors (Lipinski definition) is 3. The molecule has 1 aliphatic carbocycles. The Bertz CT molecular complexity index is 837. The van der Waals surface area contributed by atoms with E-state index in [2.05, 4.69) is 5.32 Å². The SMILES string of the molecule is CCCN1C(=O)N(C2CCCCC2)C(=O)C1CCC(=O)Nc1ccccc1C(=O)NO. The molecule has 1 saturated carbocycles. The molecule has 0 bridgehead atoms. The first-order valence-corrected chi connectivity index (χ1v) is 10.9. The van der Waals surface area contributed by atoms with Crippen LogP contribution in [-0.4, -0.2) is 57.4 Å². The first-order valence-electron chi connectivity index (χ1n) is 10.9. The molecule has 0 radical (unpaired) electrons. The number of rotatable bonds is 8. The van der Waals surface area contributed by atoms with Gasteiger partial charge in [-0.05, 0) is 37.8 Å². The zero-order chi connectivity index (χ0) is 22.4. The highest BCUT2D eigenvalue weighted by molar-refractivity contribution is 6.05. The minimum absolute atomic E-state index is 0.0253. The van der Waals surface area contributed by atoms with Gasteiger partial charge in [0, 0.05) is 19.0 Å². The molecule has 9 nitrogen and oxygen atoms in total. The maximum atomic E-state index is 13.1. The minimum atomic E-state index is -0.732. The summed E-state index contributed by atoms with van der Waals surface area (Å²) in [5, 5.41) is 11.5. The summed E-state index contributed by atoms with van der Waals surface area (Å²) in [5.41, 5.74) is 1.95. The van der Waals surface area contributed by atoms with Crippen LogP contribution in [0, 0.1) is 0 Å². The lowest BCUT2D eigenvalue weighted by Gasteiger charge is -2.29. The van der Waals surface area contributed by atoms with Gasteiger partial charge >= 0.3 is 6.03 Å². The lowest BCUT2D eigenvalue weighted by Crippen LogP contribution is -2.42. The third-order valence-corrected chi connectivity index (χ3v) is 5.95. The van der Waals surface area contributed by atoms with Crippen molar-refractivity contribution in [3.05, 3.63) is 29.8 Å². The van der Waals surface area contributed by atoms with E-state index in [1.54, 1.807) is 28.6 Å². The zero-order valence-electron chi connectivity index (χ0n) is 17.8. The van der Waals surface area contributed by atoms with E-state index in [1.165, 1.54) is 11.0 Å². The molecule has 168 valence electrons. The molecule has 3 rings (SSSR count). The van der Waals surface area contributed by atoms with Crippen LogP contribution in [0.2, 0.25) is 0 Å². The van der Waals surface area contributed by atoms with Gasteiger partial charge in [0.25, 0.3) is 11.8 Å². The van der Waals surface area contributed by atoms with Crippen molar-refractivity contribution >= 4 is 29.4 Å². The molecule has 0 spiro atoms. The minimum Gasteiger partial charge on any atom is -0.325 e. The van der Waals surface area contributed by atoms with Crippen molar-refractivity contribution in [2.24, 2.45) is 0 Å². The number of urea groups is 1. The quantitative estimate of drug-likeness (QED) is 0.333. The van der Waals surface area contributed by atoms with Crippen LogP contribution in [-0.2, 0) is 9.59 Å². The molecule has 1 aromatic rings. The number of carbonyl (C=O) groups is 4. The lowest BCUT2D eigenvalue weighted by atomic mass is 9.94. The Hall–Kier alpha value is -2.94. The zero-order valence-corrected chi connectivity index (χ0v) is 17.8. The lowest BCUT2D eigenvalue weighted by molar-refractivity contribution is -0.130. The molecule has 1 heterocycles. The maximum absolute atomic E-state index is 13.1. The number of hydroxylamine groups is 1. The Morgan fingerprint density at radius 1 is 1.13 bits per heavy atom. The van der Waals surface area contributed by atoms with Crippen molar-refractivity contribution in [3.63, 3.8) is 0 Å². The number of para-hydroxylation sites is 1. The monoisotopic (exact) mass is 430 g/mol. The Labute approximate surface area is 181 Å². The van der Waals surface area contributed by atoms with E-state index >= 15 is 0 Å². The van der Waals surface area contributed by atoms with Gasteiger partial charge in [0.05, 0.1) is 11.3 Å². The van der Waals surface area contributed by atoms with Gasteiger partial charge in [0.1, 0.15) is 6.04 Å². The average Bonchev–Trinajstić information content (AvgIpc) is 3.02. The highest BCUT2D eigenvalue weighted by Gasteiger charge is 2.47. The first kappa shape index (κ1) is 22.7. The van der Waals surface area contributed by atoms with Crippen LogP contribution >= 0.6 is 0 Å². The number of anilines is 1. The molecule has 9 heteroatoms. The number of hydrogen-bond acceptors (Lipinski definition) is 5. The normalized spacial score (nSPS) is 19.6. The van der Waals surface area contributed by atoms with Gasteiger partial charge in [-0.3, -0.25) is 24.5 Å². The van der Waals surface area contributed by atoms with E-state index in [9.17, 15) is 19.2 Å². The molecule has 0 aromatic heterocycles. The Morgan fingerprint density at radius 3 is 2.52 bits per heavy atom. The van der Waals surface area contributed by atoms with E-state index in [4.69, 9.17) is 5.21 Å². The first-order chi connectivity index (χ1) is 15.0. The fourth-order valence-corrected chi connectivity index (χ4v) is 4.44. The smallest absolute Gasteiger partial charge is 0.325 e. The van der Waals surface area contributed by atoms with Gasteiger partial charge in [-0.25, -0.2) is 10.3 Å². The third-order valence-electron chi connectivity index (χ3n) is 5.95. The van der Waals surface area contributed by atoms with Crippen LogP contribution in [0.5, 0.6) is 0 Å². The number of nitrogens with one attached hydrogen (secondary N) is 2. The van der Waals surface area contributed by atoms with Crippen LogP contribution in [0.1, 0.15) is 68.6 Å². The molecule has 5 amide bonds. The van der Waals surface area contributed by atoms with Crippen LogP contribution in [0.25, 0.3) is 0 Å². The summed E-state index contributed by atoms with van der Waals surface area (Å²) >= 11 is 0. The number of benzene rings is 1. The molecular formula is C22H30N4O5. The fraction of sp³-hybridized carbons (Fsp3) is 0.545. The molecule has 1 unspecified atom stereocenters. The predicted octanol–water partition coefficient (Wildman–Crippen LogP) is 2.90. The van der Waals surface area contributed by atoms with Gasteiger partial charge in [0.15, 0.2) is 0 Å². The Kier molecular flexibility index (Phi) is 7.62. The van der Waals surface area contributed by atoms with Gasteiger partial charge in [-0.15, -0.1) is 0 Å². The van der Waals surface area contributed by atoms with Crippen molar-refractivity contribution in [1.82, 2.24) is 15.3 Å². The molecule has 1 atom stereocenters. The van der Waals surface area contributed by atoms with Crippen LogP contribution in [0.3, 0.4) is 0 Å². The maximum Gasteiger partial charge on any atom is 0.327 e. The van der Waals surface area contributed by atoms with Crippen molar-refractivity contribution < 1.29 is 24.4 Å². The average molecular weight is 431 g/mol. The van der Waals surface area contributed by atoms with Gasteiger partial charge < -0.3 is 10.2 Å². The molecule has 1 aliphatic heterocycles. The van der Waals surface area contributed by atoms with Gasteiger partial charge in [-0.2, -0.15) is 0 Å². The number of nitrogens with zero attached hydrogens (tertiary/aromatic N) is 2. The topological polar surface area (TPSA) is 119 Å². The predicted molar refractivity (Wildman–Crippen MR) is 113 cm³/mol. The summed E-state index contributed by atoms with van der Waals surface area (Å²) in [4.78, 5) is 53.4. The van der Waals surface area contributed by atoms with Crippen molar-refractivity contribution in [3.8, 4) is 0 Å². The van der Waals surface area contributed by atoms with E-state index in [-0.39, 0.29) is 48.0 Å². The van der Waals surface area contributed by atoms with Crippen molar-refractivity contribution in [2.75, 3.05) is 11.9 Å². The molecule has 3 N–H and O–H groups in total. The summed E-state index contributed by atoms with van der Waals surface area (Å²) in [6.45, 7) is 2.42. The van der Waals surface area contributed by atoms with Crippen LogP contribution in [0.15, 0.2) is 24.3 Å². The molecule has 1 saturated heterocycles. The number of amides is 5. The van der Waals surface area contributed by atoms with Crippen LogP contribution < -0.4 is 10.8 Å². The Balaban J connectivity index is 1.66. The van der Waals surface area contributed by atoms with Crippen molar-refractivity contribution in [1.29, 1.82) is 0 Å². The number of carbonyl (C=O) groups excluding carboxylic acids is 4. The summed E-state index contributed by atoms with van der Waals surface area (Å²) in [5.74, 6) is -1.31. The highest BCUT2D eigenvalue weighted by Crippen LogP contribution is 2.30. The Morgan fingerprint density at radius 2 is 1.84 bits per heavy atom. The summed E-state index contributed by atoms with van der Waals surface area (Å²) in [6, 6.07) is 5.38. The van der Waals surface area contributed by atoms with E-state index in [1.807, 2.05) is 6.92 Å². The van der Waals surface area contributed by atoms with Crippen LogP contribution in [0.4, 0.5) is 10.5 Å². The highest BCUT2D eigenvalue weighted by atomic mass is 16.5. The van der Waals surface area contributed by atoms with Gasteiger partial charge in [0.2, 0.25) is 5.91 Å². The fourth-order valence-electron chi connectivity index (χ4n) is 4.44. The van der Waals surface area contributed by atoms with E-state index in [0.29, 0.717) is 6.54 Å². The summed E-state index contributed by atoms with van der Waals surface area (Å²) < 4.78 is 0.